The Labute approximate surface area is 690 Å². The smallest absolute Gasteiger partial charge is 0.220 e. The number of aliphatic hydroxyl groups is 17. The second-order valence-corrected chi connectivity index (χ2v) is 32.8. The number of hydrogen-bond donors (Lipinski definition) is 20. The van der Waals surface area contributed by atoms with Crippen molar-refractivity contribution >= 4 is 17.7 Å². The van der Waals surface area contributed by atoms with Gasteiger partial charge in [0.2, 0.25) is 17.7 Å². The number of ether oxygens (including phenoxy) is 12. The molecule has 6 aliphatic heterocycles. The largest absolute Gasteiger partial charge is 0.394 e. The second-order valence-electron chi connectivity index (χ2n) is 32.8. The van der Waals surface area contributed by atoms with Crippen LogP contribution in [0.5, 0.6) is 0 Å². The predicted molar refractivity (Wildman–Crippen MR) is 420 cm³/mol. The average molecular weight is 1690 g/mol. The molecular formula is C82H149N3O32. The van der Waals surface area contributed by atoms with E-state index in [2.05, 4.69) is 29.8 Å². The lowest BCUT2D eigenvalue weighted by Crippen LogP contribution is -2.71. The number of rotatable bonds is 57. The Hall–Kier alpha value is -3.01. The number of hydrogen-bond acceptors (Lipinski definition) is 32. The molecule has 684 valence electrons. The number of nitrogens with one attached hydrogen (secondary N) is 3. The maximum atomic E-state index is 13.6. The van der Waals surface area contributed by atoms with Gasteiger partial charge in [0, 0.05) is 20.3 Å². The number of carbonyl (C=O) groups excluding carboxylic acids is 3. The molecule has 0 aromatic carbocycles. The summed E-state index contributed by atoms with van der Waals surface area (Å²) in [4.78, 5) is 39.5. The van der Waals surface area contributed by atoms with Crippen LogP contribution in [0.4, 0.5) is 0 Å². The van der Waals surface area contributed by atoms with Gasteiger partial charge in [-0.25, -0.2) is 0 Å². The van der Waals surface area contributed by atoms with Crippen LogP contribution in [-0.4, -0.2) is 340 Å². The third-order valence-corrected chi connectivity index (χ3v) is 23.2. The molecule has 35 nitrogen and oxygen atoms in total. The summed E-state index contributed by atoms with van der Waals surface area (Å²) in [6, 6.07) is -4.67. The maximum absolute atomic E-state index is 13.6. The van der Waals surface area contributed by atoms with Gasteiger partial charge in [0.1, 0.15) is 140 Å². The molecular weight excluding hydrogens is 1540 g/mol. The first-order chi connectivity index (χ1) is 56.3. The third kappa shape index (κ3) is 32.8. The summed E-state index contributed by atoms with van der Waals surface area (Å²) in [6.07, 6.45) is -12.6. The summed E-state index contributed by atoms with van der Waals surface area (Å²) in [5, 5.41) is 199. The van der Waals surface area contributed by atoms with Gasteiger partial charge in [0.05, 0.1) is 57.9 Å². The van der Waals surface area contributed by atoms with Gasteiger partial charge in [-0.3, -0.25) is 14.4 Å². The number of carbonyl (C=O) groups is 3. The normalized spacial score (nSPS) is 36.1. The molecule has 32 atom stereocenters. The van der Waals surface area contributed by atoms with E-state index in [9.17, 15) is 101 Å². The molecule has 20 N–H and O–H groups in total. The SMILES string of the molecule is CCCCCCCCCCCCC/C=C/[C@@H](O)[C@H](CO[C@@H]1OC(CO)[C@@H](O[C@@H]2OC(CO)[C@H](O)[C@H](O[C@@H]3OC(CO)[C@@H](O[C@H]4OC(C)[C@@H](O)C(O)[C@@H]4O)[C@H](O[C@@H]4OC(CO)[C@H](O)[C@H](O[C@@H]5OC(CO)[C@@H](O)[C@H](O)C5NC(C)=O)C4O)C3NC(C)=O)C2O)[C@H](O)C1O)NC(=O)CCCCCCCCCCCCCCCCCCCCCCC. The first-order valence-corrected chi connectivity index (χ1v) is 43.8. The standard InChI is InChI=1S/C82H149N3O32/c1-6-8-10-12-14-16-18-20-21-22-23-24-25-26-27-29-31-33-35-37-39-41-58(94)85-51(52(93)40-38-36-34-32-30-28-19-17-15-13-11-9-7-2)47-106-79-69(103)67(101)72(56(45-89)112-79)113-81-70(104)76(64(98)54(43-87)109-81)117-78-60(84-50(5)92)74(73(57(46-90)111-78)114-80-68(102)66(100)61(95)48(3)107-80)115-82-71(105)75(63(97)55(44-88)110-82)116-77-59(83-49(4)91)65(99)62(96)53(42-86)108-77/h38,40,48,51-57,59-82,86-90,93,95-105H,6-37,39,41-47H2,1-5H3,(H,83,91)(H,84,92)(H,85,94)/b40-38+/t48?,51-,52+,53?,54?,55?,56?,57?,59?,60?,61+,62+,63-,64-,65+,66?,67+,68-,69?,70?,71?,72+,73+,74+,75-,76-,77-,78-,79+,80+,81-,82-/m0/s1. The molecule has 6 aliphatic rings. The van der Waals surface area contributed by atoms with Crippen LogP contribution in [-0.2, 0) is 71.2 Å². The molecule has 6 rings (SSSR count). The van der Waals surface area contributed by atoms with Gasteiger partial charge in [0.25, 0.3) is 0 Å². The number of allylic oxidation sites excluding steroid dienone is 1. The highest BCUT2D eigenvalue weighted by Gasteiger charge is 2.59. The van der Waals surface area contributed by atoms with Crippen molar-refractivity contribution in [2.24, 2.45) is 0 Å². The molecule has 6 heterocycles. The van der Waals surface area contributed by atoms with E-state index in [1.807, 2.05) is 6.08 Å². The molecule has 3 amide bonds. The molecule has 117 heavy (non-hydrogen) atoms. The van der Waals surface area contributed by atoms with Crippen LogP contribution in [0.2, 0.25) is 0 Å². The Balaban J connectivity index is 1.13. The molecule has 0 radical (unpaired) electrons. The number of aliphatic hydroxyl groups excluding tert-OH is 17. The fourth-order valence-electron chi connectivity index (χ4n) is 16.1. The monoisotopic (exact) mass is 1690 g/mol. The Bertz CT molecular complexity index is 2690. The van der Waals surface area contributed by atoms with Crippen molar-refractivity contribution in [3.05, 3.63) is 12.2 Å². The Kier molecular flexibility index (Phi) is 49.2. The van der Waals surface area contributed by atoms with E-state index in [0.29, 0.717) is 12.8 Å². The lowest BCUT2D eigenvalue weighted by atomic mass is 9.93. The quantitative estimate of drug-likeness (QED) is 0.0298. The minimum absolute atomic E-state index is 0.167. The minimum Gasteiger partial charge on any atom is -0.394 e. The minimum atomic E-state index is -2.29. The highest BCUT2D eigenvalue weighted by molar-refractivity contribution is 5.76. The van der Waals surface area contributed by atoms with Gasteiger partial charge in [-0.15, -0.1) is 0 Å². The van der Waals surface area contributed by atoms with E-state index in [0.717, 1.165) is 65.2 Å². The van der Waals surface area contributed by atoms with E-state index in [4.69, 9.17) is 56.8 Å². The molecule has 35 heteroatoms. The molecule has 0 aromatic heterocycles. The third-order valence-electron chi connectivity index (χ3n) is 23.2. The molecule has 12 unspecified atom stereocenters. The number of unbranched alkanes of at least 4 members (excludes halogenated alkanes) is 31. The average Bonchev–Trinajstić information content (AvgIpc) is 0.758. The van der Waals surface area contributed by atoms with Gasteiger partial charge >= 0.3 is 0 Å². The summed E-state index contributed by atoms with van der Waals surface area (Å²) in [5.74, 6) is -2.05. The van der Waals surface area contributed by atoms with Crippen LogP contribution in [0.3, 0.4) is 0 Å². The van der Waals surface area contributed by atoms with Crippen LogP contribution in [0, 0.1) is 0 Å². The van der Waals surface area contributed by atoms with Gasteiger partial charge in [0.15, 0.2) is 37.7 Å². The Morgan fingerprint density at radius 1 is 0.350 bits per heavy atom. The maximum Gasteiger partial charge on any atom is 0.220 e. The van der Waals surface area contributed by atoms with E-state index >= 15 is 0 Å². The van der Waals surface area contributed by atoms with Crippen LogP contribution in [0.25, 0.3) is 0 Å². The van der Waals surface area contributed by atoms with Crippen LogP contribution in [0.1, 0.15) is 253 Å². The molecule has 0 bridgehead atoms. The van der Waals surface area contributed by atoms with Gasteiger partial charge in [-0.1, -0.05) is 219 Å². The van der Waals surface area contributed by atoms with Crippen molar-refractivity contribution < 1.29 is 158 Å². The Morgan fingerprint density at radius 3 is 1.15 bits per heavy atom. The van der Waals surface area contributed by atoms with Crippen molar-refractivity contribution in [1.29, 1.82) is 0 Å². The zero-order valence-corrected chi connectivity index (χ0v) is 69.6. The highest BCUT2D eigenvalue weighted by atomic mass is 16.8. The van der Waals surface area contributed by atoms with Crippen LogP contribution >= 0.6 is 0 Å². The molecule has 0 saturated carbocycles. The van der Waals surface area contributed by atoms with E-state index < -0.39 is 248 Å². The first kappa shape index (κ1) is 103. The summed E-state index contributed by atoms with van der Waals surface area (Å²) >= 11 is 0. The van der Waals surface area contributed by atoms with E-state index in [1.165, 1.54) is 155 Å². The molecule has 0 aliphatic carbocycles. The molecule has 6 fully saturated rings. The lowest BCUT2D eigenvalue weighted by Gasteiger charge is -2.52. The van der Waals surface area contributed by atoms with Crippen molar-refractivity contribution in [1.82, 2.24) is 16.0 Å². The zero-order chi connectivity index (χ0) is 85.5. The first-order valence-electron chi connectivity index (χ1n) is 43.8. The van der Waals surface area contributed by atoms with Gasteiger partial charge in [-0.2, -0.15) is 0 Å². The molecule has 0 spiro atoms. The van der Waals surface area contributed by atoms with E-state index in [1.54, 1.807) is 6.08 Å². The Morgan fingerprint density at radius 2 is 0.701 bits per heavy atom. The van der Waals surface area contributed by atoms with Crippen LogP contribution < -0.4 is 16.0 Å². The van der Waals surface area contributed by atoms with Crippen molar-refractivity contribution in [2.75, 3.05) is 39.6 Å². The molecule has 6 saturated heterocycles. The summed E-state index contributed by atoms with van der Waals surface area (Å²) in [5.41, 5.74) is 0. The van der Waals surface area contributed by atoms with Crippen molar-refractivity contribution in [2.45, 2.75) is 449 Å². The van der Waals surface area contributed by atoms with Crippen molar-refractivity contribution in [3.8, 4) is 0 Å². The van der Waals surface area contributed by atoms with Gasteiger partial charge in [-0.05, 0) is 26.2 Å². The molecule has 0 aromatic rings. The summed E-state index contributed by atoms with van der Waals surface area (Å²) < 4.78 is 72.6. The number of amides is 3. The topological polar surface area (TPSA) is 542 Å². The fourth-order valence-corrected chi connectivity index (χ4v) is 16.1. The predicted octanol–water partition coefficient (Wildman–Crippen LogP) is 0.944. The fraction of sp³-hybridized carbons (Fsp3) is 0.939. The van der Waals surface area contributed by atoms with E-state index in [-0.39, 0.29) is 12.3 Å². The summed E-state index contributed by atoms with van der Waals surface area (Å²) in [7, 11) is 0. The second kappa shape index (κ2) is 56.1. The summed E-state index contributed by atoms with van der Waals surface area (Å²) in [6.45, 7) is 2.26. The van der Waals surface area contributed by atoms with Crippen LogP contribution in [0.15, 0.2) is 12.2 Å². The highest BCUT2D eigenvalue weighted by Crippen LogP contribution is 2.39. The van der Waals surface area contributed by atoms with Crippen molar-refractivity contribution in [3.63, 3.8) is 0 Å². The van der Waals surface area contributed by atoms with Gasteiger partial charge < -0.3 is 160 Å². The zero-order valence-electron chi connectivity index (χ0n) is 69.6. The lowest BCUT2D eigenvalue weighted by molar-refractivity contribution is -0.395.